The van der Waals surface area contributed by atoms with Gasteiger partial charge in [-0.2, -0.15) is 0 Å². The molecule has 0 amide bonds. The SMILES string of the molecule is CCOC(=O)C1=C(C)N=c2s/c(=C\c3cc(Br)c(OCc4ccccc4)c(OC)c3)c(=O)n2[C@H]1c1ccc(N(C)C)cc1. The number of benzene rings is 3. The molecule has 4 aromatic rings. The fourth-order valence-electron chi connectivity index (χ4n) is 4.91. The molecule has 0 unspecified atom stereocenters. The molecule has 0 saturated carbocycles. The highest BCUT2D eigenvalue weighted by molar-refractivity contribution is 9.10. The standard InChI is InChI=1S/C33H32BrN3O5S/c1-6-41-32(39)28-20(2)35-33-37(29(28)23-12-14-24(15-13-23)36(3)4)31(38)27(43-33)18-22-16-25(34)30(26(17-22)40-5)42-19-21-10-8-7-9-11-21/h7-18,29H,6,19H2,1-5H3/b27-18-/t29-/m0/s1. The van der Waals surface area contributed by atoms with Crippen molar-refractivity contribution in [2.24, 2.45) is 4.99 Å². The summed E-state index contributed by atoms with van der Waals surface area (Å²) < 4.78 is 19.9. The van der Waals surface area contributed by atoms with Gasteiger partial charge in [-0.05, 0) is 76.8 Å². The largest absolute Gasteiger partial charge is 0.493 e. The summed E-state index contributed by atoms with van der Waals surface area (Å²) in [6.07, 6.45) is 1.80. The zero-order valence-electron chi connectivity index (χ0n) is 24.6. The first-order valence-corrected chi connectivity index (χ1v) is 15.3. The van der Waals surface area contributed by atoms with Crippen LogP contribution in [0.25, 0.3) is 6.08 Å². The molecule has 0 aliphatic carbocycles. The van der Waals surface area contributed by atoms with Crippen molar-refractivity contribution in [2.45, 2.75) is 26.5 Å². The van der Waals surface area contributed by atoms with E-state index in [0.29, 0.717) is 43.2 Å². The second-order valence-corrected chi connectivity index (χ2v) is 12.0. The molecule has 0 fully saturated rings. The number of rotatable bonds is 9. The van der Waals surface area contributed by atoms with Gasteiger partial charge < -0.3 is 19.1 Å². The number of hydrogen-bond donors (Lipinski definition) is 0. The molecule has 8 nitrogen and oxygen atoms in total. The highest BCUT2D eigenvalue weighted by Gasteiger charge is 2.33. The van der Waals surface area contributed by atoms with Gasteiger partial charge in [-0.1, -0.05) is 53.8 Å². The molecule has 1 atom stereocenters. The predicted octanol–water partition coefficient (Wildman–Crippen LogP) is 5.21. The van der Waals surface area contributed by atoms with Crippen molar-refractivity contribution in [1.29, 1.82) is 0 Å². The van der Waals surface area contributed by atoms with Crippen molar-refractivity contribution in [2.75, 3.05) is 32.7 Å². The third kappa shape index (κ3) is 6.30. The molecule has 2 heterocycles. The van der Waals surface area contributed by atoms with E-state index in [1.165, 1.54) is 11.3 Å². The zero-order valence-corrected chi connectivity index (χ0v) is 27.0. The lowest BCUT2D eigenvalue weighted by atomic mass is 9.95. The van der Waals surface area contributed by atoms with Crippen LogP contribution in [0, 0.1) is 0 Å². The van der Waals surface area contributed by atoms with Crippen LogP contribution in [0.3, 0.4) is 0 Å². The van der Waals surface area contributed by atoms with Crippen LogP contribution in [0.5, 0.6) is 11.5 Å². The highest BCUT2D eigenvalue weighted by Crippen LogP contribution is 2.37. The van der Waals surface area contributed by atoms with Crippen LogP contribution in [-0.2, 0) is 16.1 Å². The molecule has 222 valence electrons. The predicted molar refractivity (Wildman–Crippen MR) is 173 cm³/mol. The maximum atomic E-state index is 14.0. The molecule has 1 aliphatic rings. The van der Waals surface area contributed by atoms with Crippen LogP contribution < -0.4 is 29.3 Å². The highest BCUT2D eigenvalue weighted by atomic mass is 79.9. The minimum Gasteiger partial charge on any atom is -0.493 e. The van der Waals surface area contributed by atoms with Gasteiger partial charge in [0.05, 0.1) is 40.0 Å². The van der Waals surface area contributed by atoms with Gasteiger partial charge in [-0.25, -0.2) is 9.79 Å². The zero-order chi connectivity index (χ0) is 30.7. The van der Waals surface area contributed by atoms with E-state index in [9.17, 15) is 9.59 Å². The number of anilines is 1. The summed E-state index contributed by atoms with van der Waals surface area (Å²) in [7, 11) is 5.50. The average molecular weight is 663 g/mol. The lowest BCUT2D eigenvalue weighted by Gasteiger charge is -2.25. The van der Waals surface area contributed by atoms with Gasteiger partial charge in [-0.3, -0.25) is 9.36 Å². The van der Waals surface area contributed by atoms with Crippen LogP contribution in [-0.4, -0.2) is 38.3 Å². The number of fused-ring (bicyclic) bond motifs is 1. The van der Waals surface area contributed by atoms with Crippen molar-refractivity contribution in [1.82, 2.24) is 4.57 Å². The molecule has 5 rings (SSSR count). The van der Waals surface area contributed by atoms with Gasteiger partial charge in [0, 0.05) is 19.8 Å². The van der Waals surface area contributed by atoms with Gasteiger partial charge >= 0.3 is 5.97 Å². The molecule has 0 N–H and O–H groups in total. The maximum Gasteiger partial charge on any atom is 0.338 e. The Kier molecular flexibility index (Phi) is 9.17. The summed E-state index contributed by atoms with van der Waals surface area (Å²) in [6.45, 7) is 4.13. The van der Waals surface area contributed by atoms with Crippen molar-refractivity contribution in [3.8, 4) is 11.5 Å². The topological polar surface area (TPSA) is 82.4 Å². The number of ether oxygens (including phenoxy) is 3. The van der Waals surface area contributed by atoms with Gasteiger partial charge in [-0.15, -0.1) is 0 Å². The van der Waals surface area contributed by atoms with Crippen molar-refractivity contribution in [3.05, 3.63) is 119 Å². The molecule has 0 saturated heterocycles. The Morgan fingerprint density at radius 1 is 1.12 bits per heavy atom. The van der Waals surface area contributed by atoms with E-state index in [4.69, 9.17) is 14.2 Å². The normalized spacial score (nSPS) is 14.7. The first-order chi connectivity index (χ1) is 20.7. The molecule has 0 radical (unpaired) electrons. The Bertz CT molecular complexity index is 1860. The van der Waals surface area contributed by atoms with Gasteiger partial charge in [0.25, 0.3) is 5.56 Å². The number of thiazole rings is 1. The second-order valence-electron chi connectivity index (χ2n) is 10.1. The molecule has 1 aliphatic heterocycles. The van der Waals surface area contributed by atoms with Crippen LogP contribution >= 0.6 is 27.3 Å². The van der Waals surface area contributed by atoms with Gasteiger partial charge in [0.2, 0.25) is 0 Å². The lowest BCUT2D eigenvalue weighted by Crippen LogP contribution is -2.39. The van der Waals surface area contributed by atoms with E-state index in [1.807, 2.05) is 85.7 Å². The first-order valence-electron chi connectivity index (χ1n) is 13.7. The van der Waals surface area contributed by atoms with Crippen LogP contribution in [0.1, 0.15) is 36.6 Å². The third-order valence-corrected chi connectivity index (χ3v) is 8.59. The summed E-state index contributed by atoms with van der Waals surface area (Å²) in [5.41, 5.74) is 4.20. The number of methoxy groups -OCH3 is 1. The quantitative estimate of drug-likeness (QED) is 0.229. The Morgan fingerprint density at radius 3 is 2.49 bits per heavy atom. The van der Waals surface area contributed by atoms with Crippen LogP contribution in [0.4, 0.5) is 5.69 Å². The monoisotopic (exact) mass is 661 g/mol. The van der Waals surface area contributed by atoms with Crippen LogP contribution in [0.2, 0.25) is 0 Å². The molecule has 0 bridgehead atoms. The Balaban J connectivity index is 1.58. The summed E-state index contributed by atoms with van der Waals surface area (Å²) >= 11 is 4.89. The van der Waals surface area contributed by atoms with Crippen LogP contribution in [0.15, 0.2) is 92.3 Å². The lowest BCUT2D eigenvalue weighted by molar-refractivity contribution is -0.139. The minimum absolute atomic E-state index is 0.216. The number of hydrogen-bond acceptors (Lipinski definition) is 8. The number of esters is 1. The Labute approximate surface area is 262 Å². The fraction of sp³-hybridized carbons (Fsp3) is 0.242. The minimum atomic E-state index is -0.677. The molecule has 1 aromatic heterocycles. The Morgan fingerprint density at radius 2 is 1.84 bits per heavy atom. The van der Waals surface area contributed by atoms with Gasteiger partial charge in [0.15, 0.2) is 16.3 Å². The maximum absolute atomic E-state index is 14.0. The van der Waals surface area contributed by atoms with E-state index in [-0.39, 0.29) is 12.2 Å². The number of carbonyl (C=O) groups excluding carboxylic acids is 1. The van der Waals surface area contributed by atoms with Crippen molar-refractivity contribution >= 4 is 45.0 Å². The summed E-state index contributed by atoms with van der Waals surface area (Å²) in [5.74, 6) is 0.615. The van der Waals surface area contributed by atoms with Crippen molar-refractivity contribution < 1.29 is 19.0 Å². The smallest absolute Gasteiger partial charge is 0.338 e. The second kappa shape index (κ2) is 13.0. The number of aromatic nitrogens is 1. The number of nitrogens with zero attached hydrogens (tertiary/aromatic N) is 3. The Hall–Kier alpha value is -4.15. The number of carbonyl (C=O) groups is 1. The van der Waals surface area contributed by atoms with E-state index < -0.39 is 12.0 Å². The molecule has 43 heavy (non-hydrogen) atoms. The fourth-order valence-corrected chi connectivity index (χ4v) is 6.53. The first kappa shape index (κ1) is 30.3. The van der Waals surface area contributed by atoms with E-state index >= 15 is 0 Å². The molecule has 3 aromatic carbocycles. The summed E-state index contributed by atoms with van der Waals surface area (Å²) in [6, 6.07) is 20.7. The van der Waals surface area contributed by atoms with Crippen molar-refractivity contribution in [3.63, 3.8) is 0 Å². The third-order valence-electron chi connectivity index (χ3n) is 7.02. The number of allylic oxidation sites excluding steroid dienone is 1. The van der Waals surface area contributed by atoms with E-state index in [0.717, 1.165) is 22.4 Å². The van der Waals surface area contributed by atoms with Gasteiger partial charge in [0.1, 0.15) is 6.61 Å². The molecular formula is C33H32BrN3O5S. The van der Waals surface area contributed by atoms with E-state index in [1.54, 1.807) is 31.6 Å². The summed E-state index contributed by atoms with van der Waals surface area (Å²) in [4.78, 5) is 34.4. The molecular weight excluding hydrogens is 630 g/mol. The molecule has 0 spiro atoms. The van der Waals surface area contributed by atoms with E-state index in [2.05, 4.69) is 20.9 Å². The molecule has 10 heteroatoms. The average Bonchev–Trinajstić information content (AvgIpc) is 3.29. The summed E-state index contributed by atoms with van der Waals surface area (Å²) in [5, 5.41) is 0. The number of halogens is 1.